The molecule has 140 valence electrons. The molecule has 1 aromatic heterocycles. The number of thiophene rings is 1. The molecule has 1 fully saturated rings. The minimum Gasteiger partial charge on any atom is -0.331 e. The van der Waals surface area contributed by atoms with E-state index in [2.05, 4.69) is 0 Å². The summed E-state index contributed by atoms with van der Waals surface area (Å²) < 4.78 is 26.9. The average Bonchev–Trinajstić information content (AvgIpc) is 3.36. The zero-order valence-corrected chi connectivity index (χ0v) is 16.7. The summed E-state index contributed by atoms with van der Waals surface area (Å²) in [5, 5.41) is 2.00. The first-order valence-electron chi connectivity index (χ1n) is 8.91. The van der Waals surface area contributed by atoms with Crippen LogP contribution in [-0.4, -0.2) is 42.7 Å². The largest absolute Gasteiger partial charge is 0.331 e. The van der Waals surface area contributed by atoms with E-state index in [4.69, 9.17) is 0 Å². The highest BCUT2D eigenvalue weighted by molar-refractivity contribution is 7.89. The van der Waals surface area contributed by atoms with Gasteiger partial charge in [-0.25, -0.2) is 8.42 Å². The van der Waals surface area contributed by atoms with E-state index in [9.17, 15) is 13.2 Å². The lowest BCUT2D eigenvalue weighted by molar-refractivity contribution is 0.0731. The van der Waals surface area contributed by atoms with Gasteiger partial charge >= 0.3 is 0 Å². The van der Waals surface area contributed by atoms with Crippen LogP contribution in [0.15, 0.2) is 46.7 Å². The second-order valence-electron chi connectivity index (χ2n) is 6.36. The molecule has 1 aliphatic carbocycles. The number of hydrogen-bond acceptors (Lipinski definition) is 4. The van der Waals surface area contributed by atoms with Gasteiger partial charge in [0.15, 0.2) is 0 Å². The summed E-state index contributed by atoms with van der Waals surface area (Å²) in [6, 6.07) is 10.7. The van der Waals surface area contributed by atoms with Gasteiger partial charge in [0, 0.05) is 29.6 Å². The summed E-state index contributed by atoms with van der Waals surface area (Å²) >= 11 is 1.63. The van der Waals surface area contributed by atoms with Gasteiger partial charge in [-0.2, -0.15) is 4.31 Å². The minimum absolute atomic E-state index is 0.0995. The van der Waals surface area contributed by atoms with Crippen LogP contribution in [0, 0.1) is 0 Å². The molecule has 0 aliphatic heterocycles. The SMILES string of the molecule is CCN(CC)S(=O)(=O)c1cccc(C(=O)N(Cc2cccs2)C2CC2)c1. The number of rotatable bonds is 8. The predicted octanol–water partition coefficient (Wildman–Crippen LogP) is 3.58. The Balaban J connectivity index is 1.87. The van der Waals surface area contributed by atoms with Crippen LogP contribution in [0.4, 0.5) is 0 Å². The van der Waals surface area contributed by atoms with Crippen molar-refractivity contribution < 1.29 is 13.2 Å². The Kier molecular flexibility index (Phi) is 5.79. The monoisotopic (exact) mass is 392 g/mol. The lowest BCUT2D eigenvalue weighted by atomic mass is 10.2. The zero-order chi connectivity index (χ0) is 18.7. The summed E-state index contributed by atoms with van der Waals surface area (Å²) in [6.45, 7) is 5.01. The van der Waals surface area contributed by atoms with E-state index in [1.165, 1.54) is 10.4 Å². The molecular formula is C19H24N2O3S2. The fourth-order valence-corrected chi connectivity index (χ4v) is 5.20. The van der Waals surface area contributed by atoms with E-state index in [0.29, 0.717) is 25.2 Å². The lowest BCUT2D eigenvalue weighted by Crippen LogP contribution is -2.33. The van der Waals surface area contributed by atoms with Gasteiger partial charge in [0.25, 0.3) is 5.91 Å². The van der Waals surface area contributed by atoms with E-state index in [1.54, 1.807) is 29.5 Å². The van der Waals surface area contributed by atoms with Crippen LogP contribution in [-0.2, 0) is 16.6 Å². The fraction of sp³-hybridized carbons (Fsp3) is 0.421. The van der Waals surface area contributed by atoms with Crippen LogP contribution in [0.5, 0.6) is 0 Å². The van der Waals surface area contributed by atoms with Crippen molar-refractivity contribution in [2.24, 2.45) is 0 Å². The summed E-state index contributed by atoms with van der Waals surface area (Å²) in [4.78, 5) is 16.2. The molecule has 0 spiro atoms. The van der Waals surface area contributed by atoms with E-state index in [1.807, 2.05) is 36.3 Å². The number of benzene rings is 1. The van der Waals surface area contributed by atoms with Crippen molar-refractivity contribution in [2.75, 3.05) is 13.1 Å². The highest BCUT2D eigenvalue weighted by Crippen LogP contribution is 2.31. The third-order valence-electron chi connectivity index (χ3n) is 4.58. The summed E-state index contributed by atoms with van der Waals surface area (Å²) in [5.41, 5.74) is 0.432. The summed E-state index contributed by atoms with van der Waals surface area (Å²) in [5.74, 6) is -0.0995. The Bertz CT molecular complexity index is 855. The Morgan fingerprint density at radius 2 is 1.88 bits per heavy atom. The van der Waals surface area contributed by atoms with Crippen LogP contribution >= 0.6 is 11.3 Å². The molecule has 26 heavy (non-hydrogen) atoms. The number of carbonyl (C=O) groups is 1. The van der Waals surface area contributed by atoms with Gasteiger partial charge in [-0.3, -0.25) is 4.79 Å². The molecule has 1 aromatic carbocycles. The van der Waals surface area contributed by atoms with E-state index in [-0.39, 0.29) is 16.8 Å². The second-order valence-corrected chi connectivity index (χ2v) is 9.33. The van der Waals surface area contributed by atoms with Crippen molar-refractivity contribution in [3.05, 3.63) is 52.2 Å². The van der Waals surface area contributed by atoms with Crippen LogP contribution in [0.25, 0.3) is 0 Å². The molecular weight excluding hydrogens is 368 g/mol. The van der Waals surface area contributed by atoms with E-state index < -0.39 is 10.0 Å². The first kappa shape index (κ1) is 19.1. The lowest BCUT2D eigenvalue weighted by Gasteiger charge is -2.23. The van der Waals surface area contributed by atoms with Crippen LogP contribution in [0.2, 0.25) is 0 Å². The van der Waals surface area contributed by atoms with Gasteiger partial charge in [0.1, 0.15) is 0 Å². The third-order valence-corrected chi connectivity index (χ3v) is 7.49. The molecule has 0 unspecified atom stereocenters. The molecule has 0 saturated heterocycles. The highest BCUT2D eigenvalue weighted by atomic mass is 32.2. The number of nitrogens with zero attached hydrogens (tertiary/aromatic N) is 2. The Labute approximate surface area is 159 Å². The van der Waals surface area contributed by atoms with Crippen molar-refractivity contribution in [2.45, 2.75) is 44.2 Å². The maximum absolute atomic E-state index is 13.1. The summed E-state index contributed by atoms with van der Waals surface area (Å²) in [6.07, 6.45) is 2.02. The van der Waals surface area contributed by atoms with Crippen LogP contribution in [0.3, 0.4) is 0 Å². The number of amides is 1. The van der Waals surface area contributed by atoms with Crippen molar-refractivity contribution >= 4 is 27.3 Å². The first-order chi connectivity index (χ1) is 12.5. The van der Waals surface area contributed by atoms with Crippen molar-refractivity contribution in [3.8, 4) is 0 Å². The van der Waals surface area contributed by atoms with Gasteiger partial charge in [0.2, 0.25) is 10.0 Å². The molecule has 3 rings (SSSR count). The smallest absolute Gasteiger partial charge is 0.254 e. The first-order valence-corrected chi connectivity index (χ1v) is 11.2. The molecule has 1 heterocycles. The quantitative estimate of drug-likeness (QED) is 0.690. The Morgan fingerprint density at radius 1 is 1.15 bits per heavy atom. The maximum Gasteiger partial charge on any atom is 0.254 e. The molecule has 0 N–H and O–H groups in total. The van der Waals surface area contributed by atoms with E-state index in [0.717, 1.165) is 17.7 Å². The fourth-order valence-electron chi connectivity index (χ4n) is 2.99. The number of carbonyl (C=O) groups excluding carboxylic acids is 1. The standard InChI is InChI=1S/C19H24N2O3S2/c1-3-20(4-2)26(23,24)18-9-5-7-15(13-18)19(22)21(16-10-11-16)14-17-8-6-12-25-17/h5-9,12-13,16H,3-4,10-11,14H2,1-2H3. The van der Waals surface area contributed by atoms with Gasteiger partial charge in [-0.15, -0.1) is 11.3 Å². The third kappa shape index (κ3) is 4.00. The minimum atomic E-state index is -3.57. The van der Waals surface area contributed by atoms with E-state index >= 15 is 0 Å². The van der Waals surface area contributed by atoms with Crippen molar-refractivity contribution in [1.29, 1.82) is 0 Å². The molecule has 1 amide bonds. The molecule has 0 atom stereocenters. The zero-order valence-electron chi connectivity index (χ0n) is 15.1. The molecule has 1 saturated carbocycles. The summed E-state index contributed by atoms with van der Waals surface area (Å²) in [7, 11) is -3.57. The molecule has 0 bridgehead atoms. The molecule has 1 aliphatic rings. The van der Waals surface area contributed by atoms with Crippen LogP contribution in [0.1, 0.15) is 41.9 Å². The maximum atomic E-state index is 13.1. The average molecular weight is 393 g/mol. The number of hydrogen-bond donors (Lipinski definition) is 0. The normalized spacial score (nSPS) is 14.6. The predicted molar refractivity (Wildman–Crippen MR) is 104 cm³/mol. The Morgan fingerprint density at radius 3 is 2.46 bits per heavy atom. The molecule has 5 nitrogen and oxygen atoms in total. The van der Waals surface area contributed by atoms with Crippen molar-refractivity contribution in [3.63, 3.8) is 0 Å². The van der Waals surface area contributed by atoms with Gasteiger partial charge in [0.05, 0.1) is 11.4 Å². The van der Waals surface area contributed by atoms with Gasteiger partial charge in [-0.05, 0) is 42.5 Å². The second kappa shape index (κ2) is 7.90. The molecule has 7 heteroatoms. The Hall–Kier alpha value is -1.70. The molecule has 0 radical (unpaired) electrons. The van der Waals surface area contributed by atoms with Gasteiger partial charge in [-0.1, -0.05) is 26.0 Å². The highest BCUT2D eigenvalue weighted by Gasteiger charge is 2.33. The number of sulfonamides is 1. The van der Waals surface area contributed by atoms with Gasteiger partial charge < -0.3 is 4.90 Å². The molecule has 2 aromatic rings. The topological polar surface area (TPSA) is 57.7 Å². The van der Waals surface area contributed by atoms with Crippen molar-refractivity contribution in [1.82, 2.24) is 9.21 Å². The van der Waals surface area contributed by atoms with Crippen LogP contribution < -0.4 is 0 Å².